The zero-order valence-electron chi connectivity index (χ0n) is 11.1. The van der Waals surface area contributed by atoms with Gasteiger partial charge in [0, 0.05) is 10.7 Å². The van der Waals surface area contributed by atoms with E-state index >= 15 is 0 Å². The second kappa shape index (κ2) is 4.88. The van der Waals surface area contributed by atoms with Gasteiger partial charge < -0.3 is 10.2 Å². The number of nitrogens with one attached hydrogen (secondary N) is 1. The van der Waals surface area contributed by atoms with E-state index in [1.807, 2.05) is 0 Å². The molecular formula is C14H14ClF3N2O. The molecule has 0 saturated carbocycles. The van der Waals surface area contributed by atoms with Crippen molar-refractivity contribution in [1.82, 2.24) is 5.32 Å². The van der Waals surface area contributed by atoms with Gasteiger partial charge in [0.25, 0.3) is 0 Å². The van der Waals surface area contributed by atoms with E-state index in [-0.39, 0.29) is 0 Å². The first-order valence-corrected chi connectivity index (χ1v) is 7.11. The largest absolute Gasteiger partial charge is 0.406 e. The highest BCUT2D eigenvalue weighted by molar-refractivity contribution is 6.31. The molecule has 1 amide bonds. The molecule has 0 bridgehead atoms. The van der Waals surface area contributed by atoms with E-state index in [4.69, 9.17) is 11.6 Å². The molecule has 1 aromatic carbocycles. The van der Waals surface area contributed by atoms with E-state index in [2.05, 4.69) is 5.32 Å². The van der Waals surface area contributed by atoms with Crippen molar-refractivity contribution in [3.05, 3.63) is 28.8 Å². The number of carbonyl (C=O) groups excluding carboxylic acids is 1. The molecule has 0 atom stereocenters. The first-order valence-electron chi connectivity index (χ1n) is 6.73. The molecule has 3 rings (SSSR count). The van der Waals surface area contributed by atoms with E-state index in [0.29, 0.717) is 42.2 Å². The third-order valence-corrected chi connectivity index (χ3v) is 4.45. The zero-order valence-corrected chi connectivity index (χ0v) is 11.9. The van der Waals surface area contributed by atoms with Crippen molar-refractivity contribution >= 4 is 23.2 Å². The fourth-order valence-electron chi connectivity index (χ4n) is 3.28. The summed E-state index contributed by atoms with van der Waals surface area (Å²) in [6.07, 6.45) is -3.44. The maximum absolute atomic E-state index is 12.8. The minimum absolute atomic E-state index is 0.337. The number of halogens is 4. The van der Waals surface area contributed by atoms with Gasteiger partial charge in [0.1, 0.15) is 6.54 Å². The number of rotatable bonds is 1. The quantitative estimate of drug-likeness (QED) is 0.863. The normalized spacial score (nSPS) is 21.0. The van der Waals surface area contributed by atoms with Gasteiger partial charge in [-0.15, -0.1) is 0 Å². The Morgan fingerprint density at radius 1 is 1.29 bits per heavy atom. The summed E-state index contributed by atoms with van der Waals surface area (Å²) in [6.45, 7) is -0.0370. The Morgan fingerprint density at radius 2 is 1.95 bits per heavy atom. The summed E-state index contributed by atoms with van der Waals surface area (Å²) in [7, 11) is 0. The van der Waals surface area contributed by atoms with Crippen LogP contribution in [-0.2, 0) is 10.2 Å². The summed E-state index contributed by atoms with van der Waals surface area (Å²) in [5, 5.41) is 3.58. The van der Waals surface area contributed by atoms with Crippen LogP contribution in [-0.4, -0.2) is 31.7 Å². The molecule has 0 aromatic heterocycles. The van der Waals surface area contributed by atoms with Crippen molar-refractivity contribution in [1.29, 1.82) is 0 Å². The molecule has 2 heterocycles. The Morgan fingerprint density at radius 3 is 2.57 bits per heavy atom. The maximum atomic E-state index is 12.8. The smallest absolute Gasteiger partial charge is 0.317 e. The molecule has 114 valence electrons. The van der Waals surface area contributed by atoms with Crippen molar-refractivity contribution < 1.29 is 18.0 Å². The van der Waals surface area contributed by atoms with Gasteiger partial charge in [-0.2, -0.15) is 13.2 Å². The highest BCUT2D eigenvalue weighted by Gasteiger charge is 2.53. The summed E-state index contributed by atoms with van der Waals surface area (Å²) in [5.74, 6) is -0.460. The second-order valence-corrected chi connectivity index (χ2v) is 5.94. The van der Waals surface area contributed by atoms with Crippen molar-refractivity contribution in [2.75, 3.05) is 24.5 Å². The molecule has 0 aliphatic carbocycles. The Hall–Kier alpha value is -1.27. The van der Waals surface area contributed by atoms with Gasteiger partial charge in [-0.25, -0.2) is 0 Å². The monoisotopic (exact) mass is 318 g/mol. The standard InChI is InChI=1S/C14H14ClF3N2O/c15-9-1-2-11-10(7-9)13(3-5-19-6-4-13)12(21)20(11)8-14(16,17)18/h1-2,7,19H,3-6,8H2. The lowest BCUT2D eigenvalue weighted by atomic mass is 9.74. The van der Waals surface area contributed by atoms with Crippen LogP contribution < -0.4 is 10.2 Å². The minimum Gasteiger partial charge on any atom is -0.317 e. The molecule has 7 heteroatoms. The van der Waals surface area contributed by atoms with Crippen LogP contribution in [0.25, 0.3) is 0 Å². The first kappa shape index (κ1) is 14.7. The average molecular weight is 319 g/mol. The molecule has 1 saturated heterocycles. The number of benzene rings is 1. The van der Waals surface area contributed by atoms with Gasteiger partial charge in [-0.05, 0) is 49.7 Å². The lowest BCUT2D eigenvalue weighted by molar-refractivity contribution is -0.135. The van der Waals surface area contributed by atoms with Crippen LogP contribution in [0, 0.1) is 0 Å². The number of hydrogen-bond donors (Lipinski definition) is 1. The topological polar surface area (TPSA) is 32.3 Å². The van der Waals surface area contributed by atoms with E-state index in [9.17, 15) is 18.0 Å². The second-order valence-electron chi connectivity index (χ2n) is 5.50. The average Bonchev–Trinajstić information content (AvgIpc) is 2.62. The Kier molecular flexibility index (Phi) is 3.41. The van der Waals surface area contributed by atoms with Crippen molar-refractivity contribution in [2.45, 2.75) is 24.4 Å². The maximum Gasteiger partial charge on any atom is 0.406 e. The Labute approximate surface area is 125 Å². The Bertz CT molecular complexity index is 582. The molecule has 21 heavy (non-hydrogen) atoms. The molecule has 1 fully saturated rings. The number of amides is 1. The van der Waals surface area contributed by atoms with Crippen LogP contribution in [0.2, 0.25) is 5.02 Å². The van der Waals surface area contributed by atoms with E-state index in [0.717, 1.165) is 4.90 Å². The molecule has 2 aliphatic heterocycles. The lowest BCUT2D eigenvalue weighted by Gasteiger charge is -2.33. The van der Waals surface area contributed by atoms with Gasteiger partial charge in [0.15, 0.2) is 0 Å². The number of nitrogens with zero attached hydrogens (tertiary/aromatic N) is 1. The highest BCUT2D eigenvalue weighted by Crippen LogP contribution is 2.48. The summed E-state index contributed by atoms with van der Waals surface area (Å²) >= 11 is 5.99. The molecular weight excluding hydrogens is 305 g/mol. The van der Waals surface area contributed by atoms with Gasteiger partial charge in [0.2, 0.25) is 5.91 Å². The predicted octanol–water partition coefficient (Wildman–Crippen LogP) is 2.87. The number of carbonyl (C=O) groups is 1. The number of alkyl halides is 3. The van der Waals surface area contributed by atoms with E-state index < -0.39 is 24.0 Å². The van der Waals surface area contributed by atoms with Crippen LogP contribution in [0.15, 0.2) is 18.2 Å². The molecule has 1 aromatic rings. The van der Waals surface area contributed by atoms with Gasteiger partial charge >= 0.3 is 6.18 Å². The third kappa shape index (κ3) is 2.40. The number of fused-ring (bicyclic) bond motifs is 2. The summed E-state index contributed by atoms with van der Waals surface area (Å²) < 4.78 is 38.3. The highest BCUT2D eigenvalue weighted by atomic mass is 35.5. The van der Waals surface area contributed by atoms with Crippen molar-refractivity contribution in [3.8, 4) is 0 Å². The summed E-state index contributed by atoms with van der Waals surface area (Å²) in [5.41, 5.74) is 0.103. The fourth-order valence-corrected chi connectivity index (χ4v) is 3.45. The van der Waals surface area contributed by atoms with E-state index in [1.165, 1.54) is 12.1 Å². The number of hydrogen-bond acceptors (Lipinski definition) is 2. The predicted molar refractivity (Wildman–Crippen MR) is 73.6 cm³/mol. The van der Waals surface area contributed by atoms with Gasteiger partial charge in [-0.3, -0.25) is 4.79 Å². The molecule has 0 radical (unpaired) electrons. The van der Waals surface area contributed by atoms with Crippen LogP contribution in [0.3, 0.4) is 0 Å². The van der Waals surface area contributed by atoms with Crippen molar-refractivity contribution in [3.63, 3.8) is 0 Å². The first-order chi connectivity index (χ1) is 9.83. The minimum atomic E-state index is -4.43. The Balaban J connectivity index is 2.09. The third-order valence-electron chi connectivity index (χ3n) is 4.21. The molecule has 0 unspecified atom stereocenters. The molecule has 3 nitrogen and oxygen atoms in total. The zero-order chi connectivity index (χ0) is 15.3. The number of anilines is 1. The molecule has 1 N–H and O–H groups in total. The summed E-state index contributed by atoms with van der Waals surface area (Å²) in [6, 6.07) is 4.67. The van der Waals surface area contributed by atoms with Crippen molar-refractivity contribution in [2.24, 2.45) is 0 Å². The van der Waals surface area contributed by atoms with Crippen LogP contribution >= 0.6 is 11.6 Å². The molecule has 1 spiro atoms. The van der Waals surface area contributed by atoms with Crippen LogP contribution in [0.5, 0.6) is 0 Å². The van der Waals surface area contributed by atoms with Gasteiger partial charge in [-0.1, -0.05) is 11.6 Å². The van der Waals surface area contributed by atoms with E-state index in [1.54, 1.807) is 6.07 Å². The lowest BCUT2D eigenvalue weighted by Crippen LogP contribution is -2.49. The SMILES string of the molecule is O=C1N(CC(F)(F)F)c2ccc(Cl)cc2C12CCNCC2. The number of piperidine rings is 1. The fraction of sp³-hybridized carbons (Fsp3) is 0.500. The summed E-state index contributed by atoms with van der Waals surface area (Å²) in [4.78, 5) is 13.5. The molecule has 2 aliphatic rings. The van der Waals surface area contributed by atoms with Gasteiger partial charge in [0.05, 0.1) is 5.41 Å². The van der Waals surface area contributed by atoms with Crippen LogP contribution in [0.4, 0.5) is 18.9 Å². The van der Waals surface area contributed by atoms with Crippen LogP contribution in [0.1, 0.15) is 18.4 Å².